The largest absolute Gasteiger partial charge is 0.462 e. The lowest BCUT2D eigenvalue weighted by atomic mass is 9.95. The van der Waals surface area contributed by atoms with E-state index in [9.17, 15) is 18.0 Å². The van der Waals surface area contributed by atoms with Crippen LogP contribution < -0.4 is 5.32 Å². The van der Waals surface area contributed by atoms with Gasteiger partial charge in [-0.25, -0.2) is 13.2 Å². The van der Waals surface area contributed by atoms with Gasteiger partial charge in [0.25, 0.3) is 5.91 Å². The highest BCUT2D eigenvalue weighted by atomic mass is 32.2. The number of hydrogen-bond donors (Lipinski definition) is 1. The van der Waals surface area contributed by atoms with Crippen molar-refractivity contribution in [2.75, 3.05) is 18.5 Å². The van der Waals surface area contributed by atoms with Crippen molar-refractivity contribution >= 4 is 38.2 Å². The number of fused-ring (bicyclic) bond motifs is 2. The molecule has 7 nitrogen and oxygen atoms in total. The number of hydrogen-bond acceptors (Lipinski definition) is 6. The van der Waals surface area contributed by atoms with E-state index in [0.717, 1.165) is 47.3 Å². The summed E-state index contributed by atoms with van der Waals surface area (Å²) in [5.41, 5.74) is 3.76. The number of carbonyl (C=O) groups is 2. The molecule has 3 aromatic rings. The monoisotopic (exact) mass is 524 g/mol. The Hall–Kier alpha value is -3.01. The number of aryl methyl sites for hydroxylation is 1. The third kappa shape index (κ3) is 4.70. The van der Waals surface area contributed by atoms with Crippen molar-refractivity contribution in [2.24, 2.45) is 0 Å². The maximum atomic E-state index is 13.4. The summed E-state index contributed by atoms with van der Waals surface area (Å²) in [7, 11) is -3.78. The van der Waals surface area contributed by atoms with Crippen molar-refractivity contribution in [3.63, 3.8) is 0 Å². The van der Waals surface area contributed by atoms with Gasteiger partial charge in [0, 0.05) is 23.5 Å². The van der Waals surface area contributed by atoms with Gasteiger partial charge in [0.15, 0.2) is 0 Å². The number of ether oxygens (including phenoxy) is 1. The Labute approximate surface area is 215 Å². The van der Waals surface area contributed by atoms with E-state index in [1.54, 1.807) is 19.1 Å². The number of nitrogens with one attached hydrogen (secondary N) is 1. The van der Waals surface area contributed by atoms with E-state index in [2.05, 4.69) is 5.32 Å². The molecule has 1 aliphatic heterocycles. The smallest absolute Gasteiger partial charge is 0.341 e. The van der Waals surface area contributed by atoms with Gasteiger partial charge in [-0.1, -0.05) is 30.3 Å². The molecular formula is C27H28N2O5S2. The van der Waals surface area contributed by atoms with Gasteiger partial charge in [-0.05, 0) is 73.9 Å². The Balaban J connectivity index is 1.40. The number of benzene rings is 2. The van der Waals surface area contributed by atoms with Crippen molar-refractivity contribution in [3.05, 3.63) is 81.2 Å². The second kappa shape index (κ2) is 10.2. The molecule has 0 saturated carbocycles. The van der Waals surface area contributed by atoms with Crippen LogP contribution in [-0.4, -0.2) is 37.8 Å². The molecule has 0 saturated heterocycles. The first-order valence-electron chi connectivity index (χ1n) is 12.2. The minimum atomic E-state index is -3.78. The average molecular weight is 525 g/mol. The molecule has 2 aliphatic rings. The molecule has 1 aromatic heterocycles. The molecule has 0 radical (unpaired) electrons. The van der Waals surface area contributed by atoms with E-state index in [-0.39, 0.29) is 17.1 Å². The minimum Gasteiger partial charge on any atom is -0.462 e. The molecule has 1 amide bonds. The molecule has 188 valence electrons. The summed E-state index contributed by atoms with van der Waals surface area (Å²) in [5, 5.41) is 3.33. The first kappa shape index (κ1) is 24.7. The summed E-state index contributed by atoms with van der Waals surface area (Å²) in [4.78, 5) is 27.1. The molecule has 1 aliphatic carbocycles. The molecule has 2 heterocycles. The summed E-state index contributed by atoms with van der Waals surface area (Å²) in [5.74, 6) is -0.894. The number of rotatable bonds is 6. The minimum absolute atomic E-state index is 0.0746. The van der Waals surface area contributed by atoms with E-state index in [1.807, 2.05) is 24.3 Å². The predicted molar refractivity (Wildman–Crippen MR) is 139 cm³/mol. The van der Waals surface area contributed by atoms with Crippen LogP contribution in [0.1, 0.15) is 62.0 Å². The van der Waals surface area contributed by atoms with Crippen LogP contribution in [0.4, 0.5) is 5.00 Å². The van der Waals surface area contributed by atoms with Crippen LogP contribution in [0.15, 0.2) is 53.4 Å². The Kier molecular flexibility index (Phi) is 6.96. The number of nitrogens with zero attached hydrogens (tertiary/aromatic N) is 1. The van der Waals surface area contributed by atoms with E-state index in [4.69, 9.17) is 4.74 Å². The quantitative estimate of drug-likeness (QED) is 0.468. The third-order valence-corrected chi connectivity index (χ3v) is 9.76. The van der Waals surface area contributed by atoms with Crippen LogP contribution in [0.2, 0.25) is 0 Å². The van der Waals surface area contributed by atoms with Crippen LogP contribution in [0.3, 0.4) is 0 Å². The first-order valence-corrected chi connectivity index (χ1v) is 14.4. The zero-order valence-corrected chi connectivity index (χ0v) is 21.7. The Morgan fingerprint density at radius 2 is 1.81 bits per heavy atom. The second-order valence-electron chi connectivity index (χ2n) is 8.97. The lowest BCUT2D eigenvalue weighted by Crippen LogP contribution is -2.36. The lowest BCUT2D eigenvalue weighted by molar-refractivity contribution is 0.0526. The number of amides is 1. The molecule has 1 N–H and O–H groups in total. The van der Waals surface area contributed by atoms with Crippen LogP contribution >= 0.6 is 11.3 Å². The molecule has 0 fully saturated rings. The maximum absolute atomic E-state index is 13.4. The molecule has 36 heavy (non-hydrogen) atoms. The number of anilines is 1. The number of thiophene rings is 1. The van der Waals surface area contributed by atoms with Gasteiger partial charge < -0.3 is 10.1 Å². The van der Waals surface area contributed by atoms with Gasteiger partial charge in [0.05, 0.1) is 17.1 Å². The van der Waals surface area contributed by atoms with Gasteiger partial charge >= 0.3 is 5.97 Å². The van der Waals surface area contributed by atoms with Crippen molar-refractivity contribution in [1.82, 2.24) is 4.31 Å². The van der Waals surface area contributed by atoms with Crippen molar-refractivity contribution in [1.29, 1.82) is 0 Å². The fourth-order valence-corrected chi connectivity index (χ4v) is 7.61. The van der Waals surface area contributed by atoms with Crippen molar-refractivity contribution in [3.8, 4) is 0 Å². The second-order valence-corrected chi connectivity index (χ2v) is 12.0. The van der Waals surface area contributed by atoms with E-state index in [1.165, 1.54) is 27.8 Å². The molecule has 5 rings (SSSR count). The topological polar surface area (TPSA) is 92.8 Å². The van der Waals surface area contributed by atoms with Crippen LogP contribution in [0.5, 0.6) is 0 Å². The zero-order valence-electron chi connectivity index (χ0n) is 20.1. The van der Waals surface area contributed by atoms with Crippen molar-refractivity contribution in [2.45, 2.75) is 50.5 Å². The Morgan fingerprint density at radius 3 is 2.61 bits per heavy atom. The summed E-state index contributed by atoms with van der Waals surface area (Å²) >= 11 is 1.41. The number of sulfonamides is 1. The van der Waals surface area contributed by atoms with Crippen molar-refractivity contribution < 1.29 is 22.7 Å². The third-order valence-electron chi connectivity index (χ3n) is 6.71. The molecule has 9 heteroatoms. The van der Waals surface area contributed by atoms with E-state index < -0.39 is 21.9 Å². The first-order chi connectivity index (χ1) is 17.4. The summed E-state index contributed by atoms with van der Waals surface area (Å²) in [6.45, 7) is 2.69. The molecule has 0 unspecified atom stereocenters. The number of esters is 1. The van der Waals surface area contributed by atoms with E-state index in [0.29, 0.717) is 30.1 Å². The van der Waals surface area contributed by atoms with Crippen LogP contribution in [-0.2, 0) is 40.6 Å². The highest BCUT2D eigenvalue weighted by Crippen LogP contribution is 2.39. The van der Waals surface area contributed by atoms with Gasteiger partial charge in [0.1, 0.15) is 5.00 Å². The lowest BCUT2D eigenvalue weighted by Gasteiger charge is -2.28. The summed E-state index contributed by atoms with van der Waals surface area (Å²) in [6, 6.07) is 13.9. The Bertz CT molecular complexity index is 1430. The fourth-order valence-electron chi connectivity index (χ4n) is 4.87. The highest BCUT2D eigenvalue weighted by Gasteiger charge is 2.30. The summed E-state index contributed by atoms with van der Waals surface area (Å²) in [6.07, 6.45) is 4.33. The maximum Gasteiger partial charge on any atom is 0.341 e. The van der Waals surface area contributed by atoms with Gasteiger partial charge in [-0.2, -0.15) is 4.31 Å². The van der Waals surface area contributed by atoms with Gasteiger partial charge in [-0.15, -0.1) is 11.3 Å². The standard InChI is InChI=1S/C27H28N2O5S2/c1-2-34-27(31)24-22-12-5-6-13-23(22)35-26(24)28-25(30)19-10-7-11-21(16-19)36(32,33)29-15-14-18-8-3-4-9-20(18)17-29/h3-4,7-11,16H,2,5-6,12-15,17H2,1H3,(H,28,30). The van der Waals surface area contributed by atoms with E-state index >= 15 is 0 Å². The normalized spacial score (nSPS) is 15.6. The number of carbonyl (C=O) groups excluding carboxylic acids is 2. The van der Waals surface area contributed by atoms with Gasteiger partial charge in [-0.3, -0.25) is 4.79 Å². The highest BCUT2D eigenvalue weighted by molar-refractivity contribution is 7.89. The summed E-state index contributed by atoms with van der Waals surface area (Å²) < 4.78 is 33.6. The van der Waals surface area contributed by atoms with Gasteiger partial charge in [0.2, 0.25) is 10.0 Å². The molecule has 0 spiro atoms. The molecule has 0 bridgehead atoms. The predicted octanol–water partition coefficient (Wildman–Crippen LogP) is 4.80. The van der Waals surface area contributed by atoms with Crippen LogP contribution in [0, 0.1) is 0 Å². The van der Waals surface area contributed by atoms with Crippen LogP contribution in [0.25, 0.3) is 0 Å². The molecule has 0 atom stereocenters. The molecular weight excluding hydrogens is 496 g/mol. The fraction of sp³-hybridized carbons (Fsp3) is 0.333. The Morgan fingerprint density at radius 1 is 1.03 bits per heavy atom. The SMILES string of the molecule is CCOC(=O)c1c(NC(=O)c2cccc(S(=O)(=O)N3CCc4ccccc4C3)c2)sc2c1CCCC2. The zero-order chi connectivity index (χ0) is 25.3. The average Bonchev–Trinajstić information content (AvgIpc) is 3.26. The molecule has 2 aromatic carbocycles.